The van der Waals surface area contributed by atoms with Crippen LogP contribution >= 0.6 is 15.9 Å². The molecule has 3 nitrogen and oxygen atoms in total. The standard InChI is InChI=1S/C16H20BrN3/c1-9-6-7-12(11(3)10(9)2)15-14(17)16(20-19-15)13-5-4-8-18-13/h6-7,13,18H,4-5,8H2,1-3H3,(H,19,20). The van der Waals surface area contributed by atoms with Crippen molar-refractivity contribution in [3.05, 3.63) is 39.0 Å². The monoisotopic (exact) mass is 333 g/mol. The SMILES string of the molecule is Cc1ccc(-c2n[nH]c(C3CCCN3)c2Br)c(C)c1C. The molecule has 1 atom stereocenters. The summed E-state index contributed by atoms with van der Waals surface area (Å²) >= 11 is 3.74. The molecule has 1 unspecified atom stereocenters. The van der Waals surface area contributed by atoms with Crippen LogP contribution in [0.3, 0.4) is 0 Å². The number of aromatic amines is 1. The second-order valence-corrected chi connectivity index (χ2v) is 6.42. The molecule has 2 heterocycles. The fourth-order valence-corrected chi connectivity index (χ4v) is 3.56. The minimum Gasteiger partial charge on any atom is -0.309 e. The van der Waals surface area contributed by atoms with E-state index in [-0.39, 0.29) is 0 Å². The second kappa shape index (κ2) is 5.34. The van der Waals surface area contributed by atoms with Crippen molar-refractivity contribution in [3.63, 3.8) is 0 Å². The van der Waals surface area contributed by atoms with Crippen LogP contribution < -0.4 is 5.32 Å². The van der Waals surface area contributed by atoms with E-state index in [2.05, 4.69) is 64.3 Å². The quantitative estimate of drug-likeness (QED) is 0.865. The number of aromatic nitrogens is 2. The first-order valence-electron chi connectivity index (χ1n) is 7.14. The molecule has 2 aromatic rings. The van der Waals surface area contributed by atoms with Crippen LogP contribution in [0.25, 0.3) is 11.3 Å². The number of aryl methyl sites for hydroxylation is 1. The van der Waals surface area contributed by atoms with Gasteiger partial charge >= 0.3 is 0 Å². The summed E-state index contributed by atoms with van der Waals surface area (Å²) in [5, 5.41) is 11.3. The molecule has 1 fully saturated rings. The van der Waals surface area contributed by atoms with E-state index in [4.69, 9.17) is 0 Å². The van der Waals surface area contributed by atoms with E-state index in [9.17, 15) is 0 Å². The number of halogens is 1. The van der Waals surface area contributed by atoms with Crippen LogP contribution in [-0.2, 0) is 0 Å². The Balaban J connectivity index is 2.05. The highest BCUT2D eigenvalue weighted by atomic mass is 79.9. The maximum absolute atomic E-state index is 4.55. The number of rotatable bonds is 2. The van der Waals surface area contributed by atoms with Gasteiger partial charge in [0.05, 0.1) is 16.2 Å². The maximum Gasteiger partial charge on any atom is 0.107 e. The van der Waals surface area contributed by atoms with Crippen LogP contribution in [0.2, 0.25) is 0 Å². The minimum atomic E-state index is 0.400. The molecule has 3 rings (SSSR count). The Morgan fingerprint density at radius 1 is 1.20 bits per heavy atom. The summed E-state index contributed by atoms with van der Waals surface area (Å²) in [6.45, 7) is 7.59. The molecule has 1 aliphatic heterocycles. The van der Waals surface area contributed by atoms with Gasteiger partial charge in [-0.25, -0.2) is 0 Å². The minimum absolute atomic E-state index is 0.400. The fraction of sp³-hybridized carbons (Fsp3) is 0.438. The predicted octanol–water partition coefficient (Wildman–Crippen LogP) is 4.19. The molecule has 1 aromatic carbocycles. The molecule has 0 saturated carbocycles. The average Bonchev–Trinajstić information content (AvgIpc) is 3.06. The lowest BCUT2D eigenvalue weighted by atomic mass is 9.96. The van der Waals surface area contributed by atoms with Gasteiger partial charge in [0.15, 0.2) is 0 Å². The summed E-state index contributed by atoms with van der Waals surface area (Å²) in [4.78, 5) is 0. The third kappa shape index (κ3) is 2.21. The molecule has 0 bridgehead atoms. The molecule has 1 aromatic heterocycles. The Bertz CT molecular complexity index is 639. The number of hydrogen-bond acceptors (Lipinski definition) is 2. The van der Waals surface area contributed by atoms with E-state index >= 15 is 0 Å². The Hall–Kier alpha value is -1.13. The van der Waals surface area contributed by atoms with Crippen LogP contribution in [0.15, 0.2) is 16.6 Å². The van der Waals surface area contributed by atoms with Crippen LogP contribution in [0.4, 0.5) is 0 Å². The number of H-pyrrole nitrogens is 1. The molecule has 0 spiro atoms. The lowest BCUT2D eigenvalue weighted by Crippen LogP contribution is -2.13. The van der Waals surface area contributed by atoms with Crippen molar-refractivity contribution in [3.8, 4) is 11.3 Å². The fourth-order valence-electron chi connectivity index (χ4n) is 2.89. The predicted molar refractivity (Wildman–Crippen MR) is 85.9 cm³/mol. The van der Waals surface area contributed by atoms with Crippen LogP contribution in [0.5, 0.6) is 0 Å². The highest BCUT2D eigenvalue weighted by Crippen LogP contribution is 2.36. The smallest absolute Gasteiger partial charge is 0.107 e. The Morgan fingerprint density at radius 2 is 2.00 bits per heavy atom. The highest BCUT2D eigenvalue weighted by molar-refractivity contribution is 9.10. The van der Waals surface area contributed by atoms with Crippen molar-refractivity contribution < 1.29 is 0 Å². The first-order valence-corrected chi connectivity index (χ1v) is 7.93. The molecule has 2 N–H and O–H groups in total. The molecule has 4 heteroatoms. The van der Waals surface area contributed by atoms with Crippen molar-refractivity contribution in [2.75, 3.05) is 6.54 Å². The Kier molecular flexibility index (Phi) is 3.69. The van der Waals surface area contributed by atoms with Gasteiger partial charge in [-0.3, -0.25) is 5.10 Å². The second-order valence-electron chi connectivity index (χ2n) is 5.63. The van der Waals surface area contributed by atoms with Gasteiger partial charge in [-0.2, -0.15) is 5.10 Å². The summed E-state index contributed by atoms with van der Waals surface area (Å²) in [7, 11) is 0. The van der Waals surface area contributed by atoms with Crippen molar-refractivity contribution >= 4 is 15.9 Å². The van der Waals surface area contributed by atoms with Gasteiger partial charge < -0.3 is 5.32 Å². The largest absolute Gasteiger partial charge is 0.309 e. The molecule has 0 aliphatic carbocycles. The van der Waals surface area contributed by atoms with Gasteiger partial charge in [-0.1, -0.05) is 12.1 Å². The average molecular weight is 334 g/mol. The van der Waals surface area contributed by atoms with Gasteiger partial charge in [0, 0.05) is 5.56 Å². The number of hydrogen-bond donors (Lipinski definition) is 2. The van der Waals surface area contributed by atoms with Gasteiger partial charge in [-0.15, -0.1) is 0 Å². The van der Waals surface area contributed by atoms with Gasteiger partial charge in [0.25, 0.3) is 0 Å². The van der Waals surface area contributed by atoms with Crippen LogP contribution in [0, 0.1) is 20.8 Å². The summed E-state index contributed by atoms with van der Waals surface area (Å²) in [6, 6.07) is 4.74. The third-order valence-electron chi connectivity index (χ3n) is 4.45. The lowest BCUT2D eigenvalue weighted by molar-refractivity contribution is 0.623. The van der Waals surface area contributed by atoms with E-state index in [0.29, 0.717) is 6.04 Å². The van der Waals surface area contributed by atoms with E-state index < -0.39 is 0 Å². The van der Waals surface area contributed by atoms with Crippen molar-refractivity contribution in [1.82, 2.24) is 15.5 Å². The normalized spacial score (nSPS) is 18.7. The molecule has 1 saturated heterocycles. The third-order valence-corrected chi connectivity index (χ3v) is 5.26. The summed E-state index contributed by atoms with van der Waals surface area (Å²) < 4.78 is 1.10. The van der Waals surface area contributed by atoms with Gasteiger partial charge in [-0.05, 0) is 72.8 Å². The maximum atomic E-state index is 4.55. The Morgan fingerprint density at radius 3 is 2.70 bits per heavy atom. The van der Waals surface area contributed by atoms with Crippen molar-refractivity contribution in [1.29, 1.82) is 0 Å². The van der Waals surface area contributed by atoms with Crippen LogP contribution in [0.1, 0.15) is 41.3 Å². The number of nitrogens with one attached hydrogen (secondary N) is 2. The number of benzene rings is 1. The van der Waals surface area contributed by atoms with Gasteiger partial charge in [0.1, 0.15) is 5.69 Å². The van der Waals surface area contributed by atoms with Crippen molar-refractivity contribution in [2.24, 2.45) is 0 Å². The zero-order valence-corrected chi connectivity index (χ0v) is 13.8. The molecule has 1 aliphatic rings. The Labute approximate surface area is 128 Å². The van der Waals surface area contributed by atoms with E-state index in [0.717, 1.165) is 16.7 Å². The number of nitrogens with zero attached hydrogens (tertiary/aromatic N) is 1. The summed E-state index contributed by atoms with van der Waals surface area (Å²) in [5.74, 6) is 0. The molecule has 0 radical (unpaired) electrons. The zero-order chi connectivity index (χ0) is 14.3. The molecule has 0 amide bonds. The lowest BCUT2D eigenvalue weighted by Gasteiger charge is -2.11. The topological polar surface area (TPSA) is 40.7 Å². The highest BCUT2D eigenvalue weighted by Gasteiger charge is 2.23. The zero-order valence-electron chi connectivity index (χ0n) is 12.2. The molecule has 20 heavy (non-hydrogen) atoms. The first-order chi connectivity index (χ1) is 9.59. The molecular formula is C16H20BrN3. The van der Waals surface area contributed by atoms with E-state index in [1.165, 1.54) is 40.8 Å². The van der Waals surface area contributed by atoms with Gasteiger partial charge in [0.2, 0.25) is 0 Å². The van der Waals surface area contributed by atoms with Crippen molar-refractivity contribution in [2.45, 2.75) is 39.7 Å². The summed E-state index contributed by atoms with van der Waals surface area (Å²) in [5.41, 5.74) is 7.39. The van der Waals surface area contributed by atoms with E-state index in [1.54, 1.807) is 0 Å². The van der Waals surface area contributed by atoms with Crippen LogP contribution in [-0.4, -0.2) is 16.7 Å². The first kappa shape index (κ1) is 13.8. The summed E-state index contributed by atoms with van der Waals surface area (Å²) in [6.07, 6.45) is 2.40. The van der Waals surface area contributed by atoms with E-state index in [1.807, 2.05) is 0 Å². The molecular weight excluding hydrogens is 314 g/mol. The molecule has 106 valence electrons.